The molecule has 1 heterocycles. The molecule has 0 fully saturated rings. The van der Waals surface area contributed by atoms with Gasteiger partial charge in [0.1, 0.15) is 5.82 Å². The smallest absolute Gasteiger partial charge is 0.161 e. The van der Waals surface area contributed by atoms with Gasteiger partial charge in [0.25, 0.3) is 0 Å². The molecule has 0 aliphatic heterocycles. The van der Waals surface area contributed by atoms with Gasteiger partial charge < -0.3 is 14.4 Å². The molecule has 0 amide bonds. The lowest BCUT2D eigenvalue weighted by Crippen LogP contribution is -2.12. The Morgan fingerprint density at radius 1 is 0.767 bits per heavy atom. The van der Waals surface area contributed by atoms with Crippen LogP contribution in [-0.2, 0) is 0 Å². The molecule has 0 N–H and O–H groups in total. The van der Waals surface area contributed by atoms with E-state index in [2.05, 4.69) is 55.5 Å². The van der Waals surface area contributed by atoms with Gasteiger partial charge in [-0.15, -0.1) is 0 Å². The summed E-state index contributed by atoms with van der Waals surface area (Å²) in [6, 6.07) is 23.0. The summed E-state index contributed by atoms with van der Waals surface area (Å²) in [7, 11) is 7.33. The van der Waals surface area contributed by atoms with Crippen molar-refractivity contribution in [1.82, 2.24) is 4.98 Å². The van der Waals surface area contributed by atoms with E-state index >= 15 is 0 Å². The molecule has 0 aliphatic rings. The number of anilines is 1. The number of hydrogen-bond donors (Lipinski definition) is 0. The predicted octanol–water partition coefficient (Wildman–Crippen LogP) is 5.96. The van der Waals surface area contributed by atoms with Gasteiger partial charge in [-0.3, -0.25) is 0 Å². The maximum absolute atomic E-state index is 5.53. The Bertz CT molecular complexity index is 1200. The molecule has 0 aliphatic carbocycles. The molecular weight excluding hydrogens is 372 g/mol. The van der Waals surface area contributed by atoms with E-state index in [-0.39, 0.29) is 0 Å². The molecular formula is C26H26N2O2. The molecule has 30 heavy (non-hydrogen) atoms. The summed E-state index contributed by atoms with van der Waals surface area (Å²) in [5.41, 5.74) is 5.69. The fourth-order valence-electron chi connectivity index (χ4n) is 3.88. The average Bonchev–Trinajstić information content (AvgIpc) is 2.78. The number of methoxy groups -OCH3 is 2. The number of rotatable bonds is 5. The average molecular weight is 399 g/mol. The highest BCUT2D eigenvalue weighted by atomic mass is 16.5. The number of hydrogen-bond acceptors (Lipinski definition) is 4. The van der Waals surface area contributed by atoms with Crippen LogP contribution in [0.3, 0.4) is 0 Å². The summed E-state index contributed by atoms with van der Waals surface area (Å²) in [5.74, 6) is 2.31. The normalized spacial score (nSPS) is 10.8. The summed E-state index contributed by atoms with van der Waals surface area (Å²) in [6.07, 6.45) is 0. The van der Waals surface area contributed by atoms with Crippen molar-refractivity contribution in [3.8, 4) is 33.9 Å². The lowest BCUT2D eigenvalue weighted by molar-refractivity contribution is 0.356. The second-order valence-electron chi connectivity index (χ2n) is 7.50. The van der Waals surface area contributed by atoms with E-state index in [1.807, 2.05) is 37.2 Å². The molecule has 0 saturated heterocycles. The second-order valence-corrected chi connectivity index (χ2v) is 7.50. The number of fused-ring (bicyclic) bond motifs is 1. The third kappa shape index (κ3) is 3.45. The number of nitrogens with zero attached hydrogens (tertiary/aromatic N) is 2. The Labute approximate surface area is 177 Å². The zero-order chi connectivity index (χ0) is 21.3. The van der Waals surface area contributed by atoms with Gasteiger partial charge in [0, 0.05) is 25.0 Å². The lowest BCUT2D eigenvalue weighted by atomic mass is 9.94. The summed E-state index contributed by atoms with van der Waals surface area (Å²) in [5, 5.41) is 2.09. The Balaban J connectivity index is 1.96. The Morgan fingerprint density at radius 3 is 2.10 bits per heavy atom. The Kier molecular flexibility index (Phi) is 5.32. The maximum Gasteiger partial charge on any atom is 0.161 e. The van der Waals surface area contributed by atoms with Gasteiger partial charge in [-0.25, -0.2) is 4.98 Å². The van der Waals surface area contributed by atoms with Gasteiger partial charge in [-0.1, -0.05) is 48.5 Å². The van der Waals surface area contributed by atoms with Gasteiger partial charge in [0.2, 0.25) is 0 Å². The van der Waals surface area contributed by atoms with Crippen molar-refractivity contribution in [1.29, 1.82) is 0 Å². The molecule has 3 aromatic carbocycles. The highest BCUT2D eigenvalue weighted by molar-refractivity contribution is 5.97. The van der Waals surface area contributed by atoms with E-state index in [1.165, 1.54) is 16.7 Å². The van der Waals surface area contributed by atoms with Crippen LogP contribution in [0.4, 0.5) is 5.82 Å². The molecule has 4 nitrogen and oxygen atoms in total. The van der Waals surface area contributed by atoms with Crippen molar-refractivity contribution >= 4 is 16.6 Å². The number of pyridine rings is 1. The minimum Gasteiger partial charge on any atom is -0.493 e. The van der Waals surface area contributed by atoms with Crippen molar-refractivity contribution in [3.05, 3.63) is 72.3 Å². The number of aromatic nitrogens is 1. The molecule has 0 bridgehead atoms. The molecule has 4 aromatic rings. The van der Waals surface area contributed by atoms with Crippen LogP contribution in [0.25, 0.3) is 33.2 Å². The van der Waals surface area contributed by atoms with Gasteiger partial charge in [-0.05, 0) is 47.2 Å². The fourth-order valence-corrected chi connectivity index (χ4v) is 3.88. The summed E-state index contributed by atoms with van der Waals surface area (Å²) >= 11 is 0. The lowest BCUT2D eigenvalue weighted by Gasteiger charge is -2.19. The van der Waals surface area contributed by atoms with Crippen LogP contribution in [0.5, 0.6) is 11.5 Å². The fraction of sp³-hybridized carbons (Fsp3) is 0.192. The molecule has 0 atom stereocenters. The van der Waals surface area contributed by atoms with Gasteiger partial charge >= 0.3 is 0 Å². The van der Waals surface area contributed by atoms with Crippen molar-refractivity contribution in [2.75, 3.05) is 33.2 Å². The van der Waals surface area contributed by atoms with Crippen molar-refractivity contribution in [2.24, 2.45) is 0 Å². The van der Waals surface area contributed by atoms with E-state index in [0.717, 1.165) is 27.8 Å². The van der Waals surface area contributed by atoms with E-state index in [4.69, 9.17) is 14.5 Å². The van der Waals surface area contributed by atoms with Crippen LogP contribution < -0.4 is 14.4 Å². The standard InChI is InChI=1S/C26H26N2O2/c1-17-20(18-10-7-6-8-11-18)12-9-13-21(17)23-14-19-15-24(29-4)25(30-5)16-22(19)26(27-23)28(2)3/h6-16H,1-5H3. The predicted molar refractivity (Wildman–Crippen MR) is 125 cm³/mol. The van der Waals surface area contributed by atoms with Crippen LogP contribution in [-0.4, -0.2) is 33.3 Å². The third-order valence-corrected chi connectivity index (χ3v) is 5.43. The molecule has 152 valence electrons. The molecule has 4 rings (SSSR count). The summed E-state index contributed by atoms with van der Waals surface area (Å²) in [6.45, 7) is 2.16. The monoisotopic (exact) mass is 398 g/mol. The van der Waals surface area contributed by atoms with E-state index in [9.17, 15) is 0 Å². The van der Waals surface area contributed by atoms with Gasteiger partial charge in [0.05, 0.1) is 19.9 Å². The minimum atomic E-state index is 0.699. The first-order valence-electron chi connectivity index (χ1n) is 9.93. The molecule has 0 spiro atoms. The topological polar surface area (TPSA) is 34.6 Å². The van der Waals surface area contributed by atoms with Gasteiger partial charge in [-0.2, -0.15) is 0 Å². The zero-order valence-corrected chi connectivity index (χ0v) is 18.1. The minimum absolute atomic E-state index is 0.699. The highest BCUT2D eigenvalue weighted by Gasteiger charge is 2.16. The van der Waals surface area contributed by atoms with Crippen LogP contribution in [0.2, 0.25) is 0 Å². The molecule has 1 aromatic heterocycles. The number of benzene rings is 3. The number of ether oxygens (including phenoxy) is 2. The van der Waals surface area contributed by atoms with Crippen molar-refractivity contribution in [2.45, 2.75) is 6.92 Å². The molecule has 4 heteroatoms. The third-order valence-electron chi connectivity index (χ3n) is 5.43. The van der Waals surface area contributed by atoms with Gasteiger partial charge in [0.15, 0.2) is 11.5 Å². The van der Waals surface area contributed by atoms with E-state index in [0.29, 0.717) is 11.5 Å². The summed E-state index contributed by atoms with van der Waals surface area (Å²) in [4.78, 5) is 7.06. The first-order chi connectivity index (χ1) is 14.5. The Hall–Kier alpha value is -3.53. The van der Waals surface area contributed by atoms with E-state index < -0.39 is 0 Å². The second kappa shape index (κ2) is 8.07. The largest absolute Gasteiger partial charge is 0.493 e. The highest BCUT2D eigenvalue weighted by Crippen LogP contribution is 2.39. The summed E-state index contributed by atoms with van der Waals surface area (Å²) < 4.78 is 11.0. The van der Waals surface area contributed by atoms with E-state index in [1.54, 1.807) is 14.2 Å². The maximum atomic E-state index is 5.53. The van der Waals surface area contributed by atoms with Crippen LogP contribution >= 0.6 is 0 Å². The SMILES string of the molecule is COc1cc2cc(-c3cccc(-c4ccccc4)c3C)nc(N(C)C)c2cc1OC. The van der Waals surface area contributed by atoms with Crippen LogP contribution in [0.15, 0.2) is 66.7 Å². The first kappa shape index (κ1) is 19.8. The van der Waals surface area contributed by atoms with Crippen molar-refractivity contribution < 1.29 is 9.47 Å². The van der Waals surface area contributed by atoms with Crippen LogP contribution in [0, 0.1) is 6.92 Å². The first-order valence-corrected chi connectivity index (χ1v) is 9.93. The molecule has 0 unspecified atom stereocenters. The van der Waals surface area contributed by atoms with Crippen LogP contribution in [0.1, 0.15) is 5.56 Å². The zero-order valence-electron chi connectivity index (χ0n) is 18.1. The quantitative estimate of drug-likeness (QED) is 0.415. The van der Waals surface area contributed by atoms with Crippen molar-refractivity contribution in [3.63, 3.8) is 0 Å². The molecule has 0 saturated carbocycles. The molecule has 0 radical (unpaired) electrons. The Morgan fingerprint density at radius 2 is 1.43 bits per heavy atom.